The number of ether oxygens (including phenoxy) is 1. The van der Waals surface area contributed by atoms with E-state index < -0.39 is 11.9 Å². The third-order valence-electron chi connectivity index (χ3n) is 2.44. The Morgan fingerprint density at radius 3 is 2.94 bits per heavy atom. The summed E-state index contributed by atoms with van der Waals surface area (Å²) < 4.78 is 6.46. The number of benzene rings is 1. The zero-order valence-electron chi connectivity index (χ0n) is 10.1. The van der Waals surface area contributed by atoms with Crippen molar-refractivity contribution >= 4 is 28.6 Å². The average Bonchev–Trinajstić information content (AvgIpc) is 2.71. The second kappa shape index (κ2) is 4.87. The lowest BCUT2D eigenvalue weighted by Crippen LogP contribution is -2.24. The molecule has 0 bridgehead atoms. The fraction of sp³-hybridized carbons (Fsp3) is 0.250. The number of nitrogens with zero attached hydrogens (tertiary/aromatic N) is 2. The highest BCUT2D eigenvalue weighted by Gasteiger charge is 2.15. The van der Waals surface area contributed by atoms with Crippen LogP contribution in [-0.4, -0.2) is 28.0 Å². The number of hydrogen-bond donors (Lipinski definition) is 1. The Labute approximate surface area is 104 Å². The first-order chi connectivity index (χ1) is 8.61. The third-order valence-corrected chi connectivity index (χ3v) is 2.44. The number of amides is 1. The molecule has 0 aliphatic rings. The summed E-state index contributed by atoms with van der Waals surface area (Å²) in [5.41, 5.74) is 2.21. The van der Waals surface area contributed by atoms with E-state index in [9.17, 15) is 9.59 Å². The number of fused-ring (bicyclic) bond motifs is 1. The van der Waals surface area contributed by atoms with Crippen LogP contribution in [0.1, 0.15) is 6.92 Å². The van der Waals surface area contributed by atoms with Gasteiger partial charge < -0.3 is 14.6 Å². The first-order valence-electron chi connectivity index (χ1n) is 5.51. The maximum absolute atomic E-state index is 11.4. The van der Waals surface area contributed by atoms with Crippen LogP contribution in [0.2, 0.25) is 0 Å². The van der Waals surface area contributed by atoms with Gasteiger partial charge in [0.2, 0.25) is 0 Å². The Kier molecular flexibility index (Phi) is 3.27. The summed E-state index contributed by atoms with van der Waals surface area (Å²) >= 11 is 0. The monoisotopic (exact) mass is 247 g/mol. The van der Waals surface area contributed by atoms with Gasteiger partial charge in [-0.1, -0.05) is 0 Å². The molecule has 0 unspecified atom stereocenters. The SMILES string of the molecule is CCOC(=O)C(=O)Nc1ccc2c(c1)ncn2C. The van der Waals surface area contributed by atoms with Crippen LogP contribution < -0.4 is 5.32 Å². The number of nitrogens with one attached hydrogen (secondary N) is 1. The van der Waals surface area contributed by atoms with Gasteiger partial charge >= 0.3 is 11.9 Å². The number of hydrogen-bond acceptors (Lipinski definition) is 4. The molecular weight excluding hydrogens is 234 g/mol. The second-order valence-corrected chi connectivity index (χ2v) is 3.73. The van der Waals surface area contributed by atoms with Gasteiger partial charge in [-0.05, 0) is 25.1 Å². The van der Waals surface area contributed by atoms with Gasteiger partial charge in [-0.15, -0.1) is 0 Å². The van der Waals surface area contributed by atoms with Crippen LogP contribution >= 0.6 is 0 Å². The molecule has 1 aromatic heterocycles. The van der Waals surface area contributed by atoms with E-state index in [1.807, 2.05) is 17.7 Å². The van der Waals surface area contributed by atoms with Crippen molar-refractivity contribution in [1.82, 2.24) is 9.55 Å². The van der Waals surface area contributed by atoms with Crippen molar-refractivity contribution in [2.45, 2.75) is 6.92 Å². The van der Waals surface area contributed by atoms with Gasteiger partial charge in [0, 0.05) is 12.7 Å². The lowest BCUT2D eigenvalue weighted by molar-refractivity contribution is -0.152. The van der Waals surface area contributed by atoms with Crippen LogP contribution in [-0.2, 0) is 21.4 Å². The van der Waals surface area contributed by atoms with Crippen LogP contribution in [0, 0.1) is 0 Å². The van der Waals surface area contributed by atoms with Crippen molar-refractivity contribution in [2.75, 3.05) is 11.9 Å². The van der Waals surface area contributed by atoms with Gasteiger partial charge in [0.05, 0.1) is 24.0 Å². The standard InChI is InChI=1S/C12H13N3O3/c1-3-18-12(17)11(16)14-8-4-5-10-9(6-8)13-7-15(10)2/h4-7H,3H2,1-2H3,(H,14,16). The molecule has 1 amide bonds. The molecule has 0 aliphatic heterocycles. The summed E-state index contributed by atoms with van der Waals surface area (Å²) in [5.74, 6) is -1.68. The predicted molar refractivity (Wildman–Crippen MR) is 66.0 cm³/mol. The van der Waals surface area contributed by atoms with Gasteiger partial charge in [0.1, 0.15) is 0 Å². The third kappa shape index (κ3) is 2.32. The van der Waals surface area contributed by atoms with Crippen LogP contribution in [0.3, 0.4) is 0 Å². The molecule has 0 spiro atoms. The number of imidazole rings is 1. The van der Waals surface area contributed by atoms with E-state index in [0.29, 0.717) is 5.69 Å². The van der Waals surface area contributed by atoms with Crippen molar-refractivity contribution < 1.29 is 14.3 Å². The number of aromatic nitrogens is 2. The Bertz CT molecular complexity index is 604. The van der Waals surface area contributed by atoms with E-state index in [1.165, 1.54) is 0 Å². The highest BCUT2D eigenvalue weighted by atomic mass is 16.5. The molecular formula is C12H13N3O3. The lowest BCUT2D eigenvalue weighted by Gasteiger charge is -2.04. The van der Waals surface area contributed by atoms with Crippen LogP contribution in [0.4, 0.5) is 5.69 Å². The van der Waals surface area contributed by atoms with E-state index in [-0.39, 0.29) is 6.61 Å². The number of anilines is 1. The topological polar surface area (TPSA) is 73.2 Å². The van der Waals surface area contributed by atoms with Crippen LogP contribution in [0.15, 0.2) is 24.5 Å². The van der Waals surface area contributed by atoms with E-state index in [2.05, 4.69) is 15.0 Å². The number of esters is 1. The van der Waals surface area contributed by atoms with Crippen LogP contribution in [0.25, 0.3) is 11.0 Å². The fourth-order valence-electron chi connectivity index (χ4n) is 1.59. The molecule has 2 aromatic rings. The predicted octanol–water partition coefficient (Wildman–Crippen LogP) is 1.07. The summed E-state index contributed by atoms with van der Waals surface area (Å²) in [6.07, 6.45) is 1.68. The Morgan fingerprint density at radius 1 is 1.44 bits per heavy atom. The lowest BCUT2D eigenvalue weighted by atomic mass is 10.2. The zero-order chi connectivity index (χ0) is 13.1. The minimum absolute atomic E-state index is 0.172. The minimum Gasteiger partial charge on any atom is -0.459 e. The van der Waals surface area contributed by atoms with Crippen molar-refractivity contribution in [3.8, 4) is 0 Å². The molecule has 0 aliphatic carbocycles. The van der Waals surface area contributed by atoms with E-state index in [1.54, 1.807) is 25.4 Å². The molecule has 6 heteroatoms. The average molecular weight is 247 g/mol. The van der Waals surface area contributed by atoms with Crippen molar-refractivity contribution in [2.24, 2.45) is 7.05 Å². The summed E-state index contributed by atoms with van der Waals surface area (Å²) in [6, 6.07) is 5.23. The van der Waals surface area contributed by atoms with E-state index in [4.69, 9.17) is 0 Å². The van der Waals surface area contributed by atoms with Gasteiger partial charge in [-0.25, -0.2) is 9.78 Å². The molecule has 1 N–H and O–H groups in total. The molecule has 18 heavy (non-hydrogen) atoms. The highest BCUT2D eigenvalue weighted by Crippen LogP contribution is 2.17. The van der Waals surface area contributed by atoms with E-state index >= 15 is 0 Å². The maximum Gasteiger partial charge on any atom is 0.397 e. The second-order valence-electron chi connectivity index (χ2n) is 3.73. The molecule has 1 aromatic carbocycles. The normalized spacial score (nSPS) is 10.3. The molecule has 0 radical (unpaired) electrons. The molecule has 94 valence electrons. The Balaban J connectivity index is 2.17. The molecule has 0 atom stereocenters. The number of carbonyl (C=O) groups excluding carboxylic acids is 2. The van der Waals surface area contributed by atoms with Gasteiger partial charge in [0.15, 0.2) is 0 Å². The Hall–Kier alpha value is -2.37. The van der Waals surface area contributed by atoms with Crippen molar-refractivity contribution in [3.05, 3.63) is 24.5 Å². The number of aryl methyl sites for hydroxylation is 1. The Morgan fingerprint density at radius 2 is 2.22 bits per heavy atom. The molecule has 6 nitrogen and oxygen atoms in total. The molecule has 0 saturated carbocycles. The fourth-order valence-corrected chi connectivity index (χ4v) is 1.59. The van der Waals surface area contributed by atoms with Crippen molar-refractivity contribution in [1.29, 1.82) is 0 Å². The van der Waals surface area contributed by atoms with Gasteiger partial charge in [-0.3, -0.25) is 4.79 Å². The first kappa shape index (κ1) is 12.1. The van der Waals surface area contributed by atoms with Gasteiger partial charge in [0.25, 0.3) is 0 Å². The molecule has 1 heterocycles. The minimum atomic E-state index is -0.890. The largest absolute Gasteiger partial charge is 0.459 e. The summed E-state index contributed by atoms with van der Waals surface area (Å²) in [5, 5.41) is 2.47. The maximum atomic E-state index is 11.4. The van der Waals surface area contributed by atoms with E-state index in [0.717, 1.165) is 11.0 Å². The molecule has 2 rings (SSSR count). The first-order valence-corrected chi connectivity index (χ1v) is 5.51. The summed E-state index contributed by atoms with van der Waals surface area (Å²) in [4.78, 5) is 26.8. The number of carbonyl (C=O) groups is 2. The number of rotatable bonds is 2. The van der Waals surface area contributed by atoms with Crippen molar-refractivity contribution in [3.63, 3.8) is 0 Å². The smallest absolute Gasteiger partial charge is 0.397 e. The summed E-state index contributed by atoms with van der Waals surface area (Å²) in [6.45, 7) is 1.82. The summed E-state index contributed by atoms with van der Waals surface area (Å²) in [7, 11) is 1.88. The zero-order valence-corrected chi connectivity index (χ0v) is 10.1. The molecule has 0 saturated heterocycles. The van der Waals surface area contributed by atoms with Crippen LogP contribution in [0.5, 0.6) is 0 Å². The quantitative estimate of drug-likeness (QED) is 0.636. The molecule has 0 fully saturated rings. The highest BCUT2D eigenvalue weighted by molar-refractivity contribution is 6.37. The van der Waals surface area contributed by atoms with Gasteiger partial charge in [-0.2, -0.15) is 0 Å².